The van der Waals surface area contributed by atoms with Crippen LogP contribution in [0.1, 0.15) is 35.1 Å². The normalized spacial score (nSPS) is 22.8. The van der Waals surface area contributed by atoms with E-state index in [2.05, 4.69) is 15.6 Å². The van der Waals surface area contributed by atoms with Crippen molar-refractivity contribution in [2.45, 2.75) is 23.8 Å². The number of hydrogen-bond donors (Lipinski definition) is 3. The number of aromatic hydroxyl groups is 1. The fourth-order valence-electron chi connectivity index (χ4n) is 5.55. The van der Waals surface area contributed by atoms with Gasteiger partial charge in [-0.05, 0) is 53.6 Å². The minimum absolute atomic E-state index is 0.0260. The first-order valence-electron chi connectivity index (χ1n) is 11.3. The number of fused-ring (bicyclic) bond motifs is 2. The van der Waals surface area contributed by atoms with Crippen molar-refractivity contribution in [3.05, 3.63) is 99.0 Å². The van der Waals surface area contributed by atoms with Gasteiger partial charge in [0.2, 0.25) is 11.8 Å². The minimum Gasteiger partial charge on any atom is -0.508 e. The zero-order chi connectivity index (χ0) is 25.0. The number of phenolic OH excluding ortho intramolecular Hbond substituents is 1. The number of halogens is 2. The molecule has 180 valence electrons. The van der Waals surface area contributed by atoms with E-state index in [1.54, 1.807) is 48.7 Å². The van der Waals surface area contributed by atoms with Gasteiger partial charge in [0.25, 0.3) is 0 Å². The number of rotatable bonds is 3. The van der Waals surface area contributed by atoms with Gasteiger partial charge in [-0.25, -0.2) is 4.98 Å². The molecule has 9 heteroatoms. The van der Waals surface area contributed by atoms with Crippen LogP contribution >= 0.6 is 34.5 Å². The highest BCUT2D eigenvalue weighted by molar-refractivity contribution is 7.13. The quantitative estimate of drug-likeness (QED) is 0.297. The highest BCUT2D eigenvalue weighted by atomic mass is 35.5. The minimum atomic E-state index is -1.27. The smallest absolute Gasteiger partial charge is 0.238 e. The summed E-state index contributed by atoms with van der Waals surface area (Å²) < 4.78 is 0. The van der Waals surface area contributed by atoms with Gasteiger partial charge in [-0.1, -0.05) is 41.4 Å². The molecular weight excluding hydrogens is 517 g/mol. The molecule has 0 saturated carbocycles. The van der Waals surface area contributed by atoms with Crippen LogP contribution < -0.4 is 10.6 Å². The Balaban J connectivity index is 1.63. The number of nitrogens with one attached hydrogen (secondary N) is 2. The highest BCUT2D eigenvalue weighted by Gasteiger charge is 2.61. The molecule has 4 aromatic rings. The molecule has 2 aliphatic heterocycles. The van der Waals surface area contributed by atoms with Crippen LogP contribution in [0.5, 0.6) is 5.75 Å². The largest absolute Gasteiger partial charge is 0.508 e. The van der Waals surface area contributed by atoms with Gasteiger partial charge < -0.3 is 15.7 Å². The fourth-order valence-corrected chi connectivity index (χ4v) is 6.56. The summed E-state index contributed by atoms with van der Waals surface area (Å²) in [7, 11) is 0. The number of amides is 2. The zero-order valence-corrected chi connectivity index (χ0v) is 21.0. The number of piperidine rings is 1. The molecule has 1 fully saturated rings. The molecule has 0 radical (unpaired) electrons. The van der Waals surface area contributed by atoms with Gasteiger partial charge in [0, 0.05) is 50.8 Å². The maximum absolute atomic E-state index is 14.1. The first kappa shape index (κ1) is 23.0. The topological polar surface area (TPSA) is 91.3 Å². The molecule has 0 bridgehead atoms. The standard InChI is InChI=1S/C27H19Cl2N3O3S/c28-16-3-1-2-14(10-16)20-13-23(34)32-24(18-11-15(4-7-22(18)33)25-30-8-9-36-25)27(20)19-6-5-17(29)12-21(19)31-26(27)35/h1-12,20,24,33H,13H2,(H,31,35)(H,32,34)/t20-,24+,27-/m0/s1. The fraction of sp³-hybridized carbons (Fsp3) is 0.148. The summed E-state index contributed by atoms with van der Waals surface area (Å²) in [5.41, 5.74) is 1.98. The van der Waals surface area contributed by atoms with Crippen molar-refractivity contribution in [1.29, 1.82) is 0 Å². The second kappa shape index (κ2) is 8.62. The lowest BCUT2D eigenvalue weighted by molar-refractivity contribution is -0.131. The number of phenols is 1. The van der Waals surface area contributed by atoms with Gasteiger partial charge in [-0.3, -0.25) is 9.59 Å². The molecule has 36 heavy (non-hydrogen) atoms. The average molecular weight is 536 g/mol. The third-order valence-electron chi connectivity index (χ3n) is 7.02. The first-order valence-corrected chi connectivity index (χ1v) is 12.9. The van der Waals surface area contributed by atoms with Gasteiger partial charge >= 0.3 is 0 Å². The molecule has 1 saturated heterocycles. The van der Waals surface area contributed by atoms with Crippen molar-refractivity contribution in [2.75, 3.05) is 5.32 Å². The molecule has 3 atom stereocenters. The maximum atomic E-state index is 14.1. The molecule has 1 aromatic heterocycles. The Morgan fingerprint density at radius 1 is 1.03 bits per heavy atom. The van der Waals surface area contributed by atoms with Crippen molar-refractivity contribution >= 4 is 52.0 Å². The van der Waals surface area contributed by atoms with Crippen LogP contribution in [0, 0.1) is 0 Å². The predicted molar refractivity (Wildman–Crippen MR) is 141 cm³/mol. The number of thiazole rings is 1. The Bertz CT molecular complexity index is 1520. The molecule has 3 N–H and O–H groups in total. The lowest BCUT2D eigenvalue weighted by atomic mass is 9.59. The van der Waals surface area contributed by atoms with Gasteiger partial charge in [-0.2, -0.15) is 0 Å². The summed E-state index contributed by atoms with van der Waals surface area (Å²) in [6.45, 7) is 0. The van der Waals surface area contributed by atoms with Crippen LogP contribution in [-0.2, 0) is 15.0 Å². The predicted octanol–water partition coefficient (Wildman–Crippen LogP) is 6.06. The Labute approximate surface area is 220 Å². The molecule has 6 nitrogen and oxygen atoms in total. The van der Waals surface area contributed by atoms with E-state index in [0.29, 0.717) is 26.9 Å². The summed E-state index contributed by atoms with van der Waals surface area (Å²) in [6.07, 6.45) is 1.77. The molecule has 3 aromatic carbocycles. The number of aromatic nitrogens is 1. The van der Waals surface area contributed by atoms with Gasteiger partial charge in [0.15, 0.2) is 0 Å². The van der Waals surface area contributed by atoms with Crippen LogP contribution in [-0.4, -0.2) is 21.9 Å². The molecular formula is C27H19Cl2N3O3S. The van der Waals surface area contributed by atoms with Crippen LogP contribution in [0.4, 0.5) is 5.69 Å². The molecule has 1 spiro atoms. The summed E-state index contributed by atoms with van der Waals surface area (Å²) in [5, 5.41) is 20.7. The average Bonchev–Trinajstić information content (AvgIpc) is 3.48. The van der Waals surface area contributed by atoms with E-state index >= 15 is 0 Å². The number of anilines is 1. The molecule has 2 aliphatic rings. The third kappa shape index (κ3) is 3.50. The van der Waals surface area contributed by atoms with Crippen molar-refractivity contribution in [1.82, 2.24) is 10.3 Å². The van der Waals surface area contributed by atoms with E-state index < -0.39 is 17.4 Å². The number of carbonyl (C=O) groups is 2. The third-order valence-corrected chi connectivity index (χ3v) is 8.31. The molecule has 6 rings (SSSR count). The van der Waals surface area contributed by atoms with E-state index in [0.717, 1.165) is 16.1 Å². The van der Waals surface area contributed by atoms with E-state index in [4.69, 9.17) is 23.2 Å². The number of benzene rings is 3. The van der Waals surface area contributed by atoms with E-state index in [1.165, 1.54) is 11.3 Å². The monoisotopic (exact) mass is 535 g/mol. The van der Waals surface area contributed by atoms with Gasteiger partial charge in [0.1, 0.15) is 16.2 Å². The molecule has 0 aliphatic carbocycles. The lowest BCUT2D eigenvalue weighted by Crippen LogP contribution is -2.56. The van der Waals surface area contributed by atoms with Crippen LogP contribution in [0.25, 0.3) is 10.6 Å². The highest BCUT2D eigenvalue weighted by Crippen LogP contribution is 2.58. The Morgan fingerprint density at radius 3 is 2.64 bits per heavy atom. The van der Waals surface area contributed by atoms with Crippen molar-refractivity contribution in [3.63, 3.8) is 0 Å². The molecule has 0 unspecified atom stereocenters. The summed E-state index contributed by atoms with van der Waals surface area (Å²) in [5.74, 6) is -1.10. The van der Waals surface area contributed by atoms with Crippen molar-refractivity contribution in [2.24, 2.45) is 0 Å². The number of carbonyl (C=O) groups excluding carboxylic acids is 2. The summed E-state index contributed by atoms with van der Waals surface area (Å²) >= 11 is 14.1. The molecule has 3 heterocycles. The lowest BCUT2D eigenvalue weighted by Gasteiger charge is -2.46. The summed E-state index contributed by atoms with van der Waals surface area (Å²) in [6, 6.07) is 16.8. The van der Waals surface area contributed by atoms with Crippen molar-refractivity contribution in [3.8, 4) is 16.3 Å². The van der Waals surface area contributed by atoms with E-state index in [-0.39, 0.29) is 24.0 Å². The number of nitrogens with zero attached hydrogens (tertiary/aromatic N) is 1. The van der Waals surface area contributed by atoms with Crippen molar-refractivity contribution < 1.29 is 14.7 Å². The van der Waals surface area contributed by atoms with Gasteiger partial charge in [0.05, 0.1) is 6.04 Å². The SMILES string of the molecule is O=C1C[C@@H](c2cccc(Cl)c2)[C@]2(C(=O)Nc3cc(Cl)ccc32)[C@@H](c2cc(-c3nccs3)ccc2O)N1. The molecule has 2 amide bonds. The van der Waals surface area contributed by atoms with Gasteiger partial charge in [-0.15, -0.1) is 11.3 Å². The van der Waals surface area contributed by atoms with Crippen LogP contribution in [0.2, 0.25) is 10.0 Å². The van der Waals surface area contributed by atoms with Crippen LogP contribution in [0.15, 0.2) is 72.2 Å². The Kier molecular flexibility index (Phi) is 5.52. The van der Waals surface area contributed by atoms with Crippen LogP contribution in [0.3, 0.4) is 0 Å². The second-order valence-electron chi connectivity index (χ2n) is 8.94. The summed E-state index contributed by atoms with van der Waals surface area (Å²) in [4.78, 5) is 31.6. The van der Waals surface area contributed by atoms with E-state index in [9.17, 15) is 14.7 Å². The Morgan fingerprint density at radius 2 is 1.86 bits per heavy atom. The van der Waals surface area contributed by atoms with E-state index in [1.807, 2.05) is 23.6 Å². The maximum Gasteiger partial charge on any atom is 0.238 e. The first-order chi connectivity index (χ1) is 17.4. The zero-order valence-electron chi connectivity index (χ0n) is 18.7. The Hall–Kier alpha value is -3.39. The second-order valence-corrected chi connectivity index (χ2v) is 10.7. The number of hydrogen-bond acceptors (Lipinski definition) is 5.